The first-order chi connectivity index (χ1) is 7.29. The Morgan fingerprint density at radius 2 is 2.27 bits per heavy atom. The highest BCUT2D eigenvalue weighted by Gasteiger charge is 2.23. The lowest BCUT2D eigenvalue weighted by Gasteiger charge is -2.15. The number of hydrogen-bond acceptors (Lipinski definition) is 2. The highest BCUT2D eigenvalue weighted by atomic mass is 16.5. The highest BCUT2D eigenvalue weighted by Crippen LogP contribution is 2.31. The molecule has 0 aliphatic carbocycles. The largest absolute Gasteiger partial charge is 0.490 e. The molecule has 2 atom stereocenters. The highest BCUT2D eigenvalue weighted by molar-refractivity contribution is 5.37. The number of benzene rings is 1. The molecule has 82 valence electrons. The van der Waals surface area contributed by atoms with Crippen molar-refractivity contribution in [3.05, 3.63) is 29.8 Å². The molecule has 0 saturated heterocycles. The Morgan fingerprint density at radius 1 is 1.47 bits per heavy atom. The Hall–Kier alpha value is -1.02. The second kappa shape index (κ2) is 4.67. The van der Waals surface area contributed by atoms with Gasteiger partial charge in [-0.1, -0.05) is 25.1 Å². The van der Waals surface area contributed by atoms with Crippen molar-refractivity contribution in [1.29, 1.82) is 0 Å². The first-order valence-corrected chi connectivity index (χ1v) is 5.65. The van der Waals surface area contributed by atoms with Gasteiger partial charge in [-0.15, -0.1) is 0 Å². The Labute approximate surface area is 90.9 Å². The molecule has 2 rings (SSSR count). The van der Waals surface area contributed by atoms with E-state index in [0.29, 0.717) is 12.0 Å². The minimum absolute atomic E-state index is 0.279. The Kier molecular flexibility index (Phi) is 3.27. The molecule has 1 aromatic rings. The number of aliphatic hydroxyl groups is 1. The van der Waals surface area contributed by atoms with Crippen molar-refractivity contribution in [3.8, 4) is 5.75 Å². The van der Waals surface area contributed by atoms with Crippen molar-refractivity contribution in [2.45, 2.75) is 32.3 Å². The standard InChI is InChI=1S/C13H18O2/c1-10(6-7-14)8-12-9-11-4-2-3-5-13(11)15-12/h2-5,10,12,14H,6-9H2,1H3. The van der Waals surface area contributed by atoms with Gasteiger partial charge in [0.05, 0.1) is 0 Å². The van der Waals surface area contributed by atoms with Gasteiger partial charge in [0.25, 0.3) is 0 Å². The van der Waals surface area contributed by atoms with Crippen LogP contribution in [0.2, 0.25) is 0 Å². The molecule has 1 aliphatic heterocycles. The second-order valence-corrected chi connectivity index (χ2v) is 4.40. The van der Waals surface area contributed by atoms with Crippen LogP contribution in [0.3, 0.4) is 0 Å². The normalized spacial score (nSPS) is 20.8. The number of hydrogen-bond donors (Lipinski definition) is 1. The summed E-state index contributed by atoms with van der Waals surface area (Å²) in [5.74, 6) is 1.58. The van der Waals surface area contributed by atoms with Gasteiger partial charge in [-0.25, -0.2) is 0 Å². The van der Waals surface area contributed by atoms with Crippen LogP contribution in [0.25, 0.3) is 0 Å². The molecular weight excluding hydrogens is 188 g/mol. The minimum atomic E-state index is 0.279. The molecule has 2 heteroatoms. The number of fused-ring (bicyclic) bond motifs is 1. The van der Waals surface area contributed by atoms with Crippen molar-refractivity contribution in [3.63, 3.8) is 0 Å². The minimum Gasteiger partial charge on any atom is -0.490 e. The third-order valence-corrected chi connectivity index (χ3v) is 3.00. The lowest BCUT2D eigenvalue weighted by molar-refractivity contribution is 0.180. The molecule has 0 fully saturated rings. The summed E-state index contributed by atoms with van der Waals surface area (Å²) < 4.78 is 5.84. The van der Waals surface area contributed by atoms with E-state index in [1.165, 1.54) is 5.56 Å². The quantitative estimate of drug-likeness (QED) is 0.819. The van der Waals surface area contributed by atoms with Gasteiger partial charge in [0.2, 0.25) is 0 Å². The van der Waals surface area contributed by atoms with E-state index in [1.54, 1.807) is 0 Å². The lowest BCUT2D eigenvalue weighted by atomic mass is 9.98. The van der Waals surface area contributed by atoms with E-state index in [0.717, 1.165) is 25.0 Å². The van der Waals surface area contributed by atoms with Gasteiger partial charge in [-0.2, -0.15) is 0 Å². The molecule has 2 unspecified atom stereocenters. The summed E-state index contributed by atoms with van der Waals surface area (Å²) in [5, 5.41) is 8.84. The number of aliphatic hydroxyl groups excluding tert-OH is 1. The number of rotatable bonds is 4. The van der Waals surface area contributed by atoms with Crippen molar-refractivity contribution in [2.75, 3.05) is 6.61 Å². The Morgan fingerprint density at radius 3 is 3.00 bits per heavy atom. The summed E-state index contributed by atoms with van der Waals surface area (Å²) in [5.41, 5.74) is 1.32. The van der Waals surface area contributed by atoms with Gasteiger partial charge < -0.3 is 9.84 Å². The zero-order valence-corrected chi connectivity index (χ0v) is 9.15. The van der Waals surface area contributed by atoms with Crippen LogP contribution in [0.15, 0.2) is 24.3 Å². The van der Waals surface area contributed by atoms with Crippen LogP contribution in [-0.2, 0) is 6.42 Å². The van der Waals surface area contributed by atoms with E-state index in [9.17, 15) is 0 Å². The van der Waals surface area contributed by atoms with Crippen molar-refractivity contribution < 1.29 is 9.84 Å². The molecule has 15 heavy (non-hydrogen) atoms. The van der Waals surface area contributed by atoms with Crippen LogP contribution >= 0.6 is 0 Å². The van der Waals surface area contributed by atoms with Crippen LogP contribution in [-0.4, -0.2) is 17.8 Å². The van der Waals surface area contributed by atoms with Gasteiger partial charge in [0.1, 0.15) is 11.9 Å². The third kappa shape index (κ3) is 2.51. The van der Waals surface area contributed by atoms with Crippen molar-refractivity contribution in [1.82, 2.24) is 0 Å². The molecule has 0 radical (unpaired) electrons. The molecule has 0 bridgehead atoms. The van der Waals surface area contributed by atoms with E-state index in [1.807, 2.05) is 12.1 Å². The van der Waals surface area contributed by atoms with Gasteiger partial charge in [-0.3, -0.25) is 0 Å². The average Bonchev–Trinajstić information content (AvgIpc) is 2.59. The van der Waals surface area contributed by atoms with E-state index in [2.05, 4.69) is 19.1 Å². The fourth-order valence-corrected chi connectivity index (χ4v) is 2.17. The van der Waals surface area contributed by atoms with Gasteiger partial charge in [-0.05, 0) is 30.4 Å². The maximum absolute atomic E-state index is 8.84. The van der Waals surface area contributed by atoms with Crippen LogP contribution in [0.5, 0.6) is 5.75 Å². The molecule has 0 spiro atoms. The summed E-state index contributed by atoms with van der Waals surface area (Å²) in [6.07, 6.45) is 3.24. The van der Waals surface area contributed by atoms with Crippen LogP contribution in [0.1, 0.15) is 25.3 Å². The first-order valence-electron chi connectivity index (χ1n) is 5.65. The van der Waals surface area contributed by atoms with Crippen molar-refractivity contribution >= 4 is 0 Å². The second-order valence-electron chi connectivity index (χ2n) is 4.40. The molecule has 0 saturated carbocycles. The number of para-hydroxylation sites is 1. The summed E-state index contributed by atoms with van der Waals surface area (Å²) in [4.78, 5) is 0. The maximum Gasteiger partial charge on any atom is 0.123 e. The maximum atomic E-state index is 8.84. The van der Waals surface area contributed by atoms with Crippen molar-refractivity contribution in [2.24, 2.45) is 5.92 Å². The predicted octanol–water partition coefficient (Wildman–Crippen LogP) is 2.40. The SMILES string of the molecule is CC(CCO)CC1Cc2ccccc2O1. The number of ether oxygens (including phenoxy) is 1. The van der Waals surface area contributed by atoms with E-state index in [4.69, 9.17) is 9.84 Å². The fraction of sp³-hybridized carbons (Fsp3) is 0.538. The molecule has 1 aliphatic rings. The molecule has 2 nitrogen and oxygen atoms in total. The molecular formula is C13H18O2. The monoisotopic (exact) mass is 206 g/mol. The summed E-state index contributed by atoms with van der Waals surface area (Å²) in [6, 6.07) is 8.23. The van der Waals surface area contributed by atoms with Crippen LogP contribution < -0.4 is 4.74 Å². The van der Waals surface area contributed by atoms with Crippen LogP contribution in [0, 0.1) is 5.92 Å². The third-order valence-electron chi connectivity index (χ3n) is 3.00. The molecule has 0 aromatic heterocycles. The van der Waals surface area contributed by atoms with E-state index in [-0.39, 0.29) is 6.61 Å². The fourth-order valence-electron chi connectivity index (χ4n) is 2.17. The van der Waals surface area contributed by atoms with E-state index < -0.39 is 0 Å². The Balaban J connectivity index is 1.90. The lowest BCUT2D eigenvalue weighted by Crippen LogP contribution is -2.17. The van der Waals surface area contributed by atoms with E-state index >= 15 is 0 Å². The smallest absolute Gasteiger partial charge is 0.123 e. The average molecular weight is 206 g/mol. The first kappa shape index (κ1) is 10.5. The zero-order chi connectivity index (χ0) is 10.7. The topological polar surface area (TPSA) is 29.5 Å². The van der Waals surface area contributed by atoms with Gasteiger partial charge >= 0.3 is 0 Å². The summed E-state index contributed by atoms with van der Waals surface area (Å²) >= 11 is 0. The van der Waals surface area contributed by atoms with Gasteiger partial charge in [0, 0.05) is 13.0 Å². The predicted molar refractivity (Wildman–Crippen MR) is 60.0 cm³/mol. The van der Waals surface area contributed by atoms with Crippen LogP contribution in [0.4, 0.5) is 0 Å². The molecule has 1 aromatic carbocycles. The zero-order valence-electron chi connectivity index (χ0n) is 9.15. The Bertz CT molecular complexity index is 297. The van der Waals surface area contributed by atoms with Gasteiger partial charge in [0.15, 0.2) is 0 Å². The molecule has 0 amide bonds. The summed E-state index contributed by atoms with van der Waals surface area (Å²) in [6.45, 7) is 2.45. The molecule has 1 N–H and O–H groups in total. The summed E-state index contributed by atoms with van der Waals surface area (Å²) in [7, 11) is 0. The molecule has 1 heterocycles.